The van der Waals surface area contributed by atoms with E-state index in [1.54, 1.807) is 26.0 Å². The number of aromatic hydroxyl groups is 1. The van der Waals surface area contributed by atoms with Gasteiger partial charge in [0, 0.05) is 30.7 Å². The first-order valence-electron chi connectivity index (χ1n) is 8.21. The van der Waals surface area contributed by atoms with Crippen molar-refractivity contribution >= 4 is 23.2 Å². The maximum atomic E-state index is 12.3. The molecule has 0 fully saturated rings. The number of hydrogen-bond acceptors (Lipinski definition) is 4. The number of rotatable bonds is 7. The van der Waals surface area contributed by atoms with E-state index in [0.717, 1.165) is 5.56 Å². The van der Waals surface area contributed by atoms with Crippen LogP contribution in [0.15, 0.2) is 30.0 Å². The molecule has 0 spiro atoms. The zero-order chi connectivity index (χ0) is 17.9. The van der Waals surface area contributed by atoms with Gasteiger partial charge in [-0.2, -0.15) is 0 Å². The summed E-state index contributed by atoms with van der Waals surface area (Å²) in [5.41, 5.74) is -0.0102. The first kappa shape index (κ1) is 18.5. The van der Waals surface area contributed by atoms with Gasteiger partial charge in [-0.3, -0.25) is 9.59 Å². The lowest BCUT2D eigenvalue weighted by atomic mass is 9.79. The summed E-state index contributed by atoms with van der Waals surface area (Å²) in [4.78, 5) is 24.6. The number of carbonyl (C=O) groups excluding carboxylic acids is 2. The third kappa shape index (κ3) is 3.81. The van der Waals surface area contributed by atoms with Gasteiger partial charge < -0.3 is 9.84 Å². The molecule has 130 valence electrons. The maximum absolute atomic E-state index is 12.3. The van der Waals surface area contributed by atoms with Gasteiger partial charge >= 0.3 is 0 Å². The summed E-state index contributed by atoms with van der Waals surface area (Å²) in [5, 5.41) is 9.88. The Kier molecular flexibility index (Phi) is 5.70. The number of allylic oxidation sites excluding steroid dienone is 1. The number of carbonyl (C=O) groups is 2. The van der Waals surface area contributed by atoms with Crippen molar-refractivity contribution in [2.45, 2.75) is 52.1 Å². The molecule has 0 aliphatic carbocycles. The number of ketones is 2. The lowest BCUT2D eigenvalue weighted by Crippen LogP contribution is -2.44. The molecule has 0 aromatic heterocycles. The summed E-state index contributed by atoms with van der Waals surface area (Å²) in [5.74, 6) is -0.0974. The Morgan fingerprint density at radius 3 is 2.46 bits per heavy atom. The third-order valence-electron chi connectivity index (χ3n) is 4.45. The fraction of sp³-hybridized carbons (Fsp3) is 0.474. The van der Waals surface area contributed by atoms with Gasteiger partial charge in [0.1, 0.15) is 28.8 Å². The van der Waals surface area contributed by atoms with E-state index in [0.29, 0.717) is 36.5 Å². The molecule has 1 unspecified atom stereocenters. The largest absolute Gasteiger partial charge is 0.508 e. The van der Waals surface area contributed by atoms with Crippen LogP contribution in [-0.4, -0.2) is 22.3 Å². The van der Waals surface area contributed by atoms with Crippen LogP contribution >= 0.6 is 11.6 Å². The van der Waals surface area contributed by atoms with Crippen LogP contribution in [0.25, 0.3) is 0 Å². The smallest absolute Gasteiger partial charge is 0.147 e. The Labute approximate surface area is 147 Å². The zero-order valence-corrected chi connectivity index (χ0v) is 15.0. The molecule has 0 saturated heterocycles. The average molecular weight is 351 g/mol. The molecule has 0 amide bonds. The van der Waals surface area contributed by atoms with Crippen LogP contribution in [-0.2, 0) is 20.7 Å². The molecule has 0 radical (unpaired) electrons. The molecule has 4 nitrogen and oxygen atoms in total. The van der Waals surface area contributed by atoms with Gasteiger partial charge in [0.25, 0.3) is 0 Å². The second-order valence-corrected chi connectivity index (χ2v) is 6.72. The molecule has 1 heterocycles. The van der Waals surface area contributed by atoms with E-state index in [1.807, 2.05) is 13.0 Å². The zero-order valence-electron chi connectivity index (χ0n) is 14.3. The van der Waals surface area contributed by atoms with Gasteiger partial charge in [0.2, 0.25) is 0 Å². The molecule has 5 heteroatoms. The molecule has 1 atom stereocenters. The summed E-state index contributed by atoms with van der Waals surface area (Å²) >= 11 is 6.14. The molecule has 0 saturated carbocycles. The first-order valence-corrected chi connectivity index (χ1v) is 8.59. The minimum atomic E-state index is -0.834. The summed E-state index contributed by atoms with van der Waals surface area (Å²) in [6.07, 6.45) is 3.52. The molecule has 1 N–H and O–H groups in total. The highest BCUT2D eigenvalue weighted by Crippen LogP contribution is 2.38. The van der Waals surface area contributed by atoms with Crippen molar-refractivity contribution in [3.63, 3.8) is 0 Å². The van der Waals surface area contributed by atoms with Crippen molar-refractivity contribution in [3.8, 4) is 5.75 Å². The van der Waals surface area contributed by atoms with Gasteiger partial charge in [0.05, 0.1) is 5.76 Å². The van der Waals surface area contributed by atoms with Gasteiger partial charge in [-0.25, -0.2) is 0 Å². The van der Waals surface area contributed by atoms with Crippen molar-refractivity contribution in [2.24, 2.45) is 5.92 Å². The monoisotopic (exact) mass is 350 g/mol. The van der Waals surface area contributed by atoms with Crippen LogP contribution in [0.5, 0.6) is 5.75 Å². The van der Waals surface area contributed by atoms with Gasteiger partial charge in [-0.05, 0) is 30.7 Å². The van der Waals surface area contributed by atoms with Crippen LogP contribution < -0.4 is 0 Å². The number of halogens is 1. The lowest BCUT2D eigenvalue weighted by Gasteiger charge is -2.32. The SMILES string of the molecule is CCC(=O)C(C(=O)CC)C1(C)CC=C(Cc2ccc(O)cc2Cl)O1. The topological polar surface area (TPSA) is 63.6 Å². The highest BCUT2D eigenvalue weighted by molar-refractivity contribution is 6.31. The molecule has 2 rings (SSSR count). The molecule has 1 aromatic rings. The van der Waals surface area contributed by atoms with Crippen molar-refractivity contribution in [1.82, 2.24) is 0 Å². The number of benzene rings is 1. The van der Waals surface area contributed by atoms with E-state index in [9.17, 15) is 14.7 Å². The molecule has 24 heavy (non-hydrogen) atoms. The summed E-state index contributed by atoms with van der Waals surface area (Å²) in [6.45, 7) is 5.35. The second-order valence-electron chi connectivity index (χ2n) is 6.31. The van der Waals surface area contributed by atoms with Crippen LogP contribution in [0.4, 0.5) is 0 Å². The summed E-state index contributed by atoms with van der Waals surface area (Å²) < 4.78 is 6.04. The highest BCUT2D eigenvalue weighted by atomic mass is 35.5. The number of hydrogen-bond donors (Lipinski definition) is 1. The Hall–Kier alpha value is -1.81. The molecular formula is C19H23ClO4. The second kappa shape index (κ2) is 7.39. The van der Waals surface area contributed by atoms with Crippen LogP contribution in [0.2, 0.25) is 5.02 Å². The molecule has 0 bridgehead atoms. The minimum Gasteiger partial charge on any atom is -0.508 e. The number of ether oxygens (including phenoxy) is 1. The van der Waals surface area contributed by atoms with Crippen LogP contribution in [0, 0.1) is 5.92 Å². The van der Waals surface area contributed by atoms with Crippen molar-refractivity contribution in [1.29, 1.82) is 0 Å². The van der Waals surface area contributed by atoms with E-state index < -0.39 is 11.5 Å². The van der Waals surface area contributed by atoms with Gasteiger partial charge in [0.15, 0.2) is 0 Å². The summed E-state index contributed by atoms with van der Waals surface area (Å²) in [6, 6.07) is 4.79. The summed E-state index contributed by atoms with van der Waals surface area (Å²) in [7, 11) is 0. The minimum absolute atomic E-state index is 0.0818. The van der Waals surface area contributed by atoms with E-state index in [4.69, 9.17) is 16.3 Å². The fourth-order valence-electron chi connectivity index (χ4n) is 3.12. The normalized spacial score (nSPS) is 20.0. The molecule has 1 aliphatic heterocycles. The highest BCUT2D eigenvalue weighted by Gasteiger charge is 2.46. The quantitative estimate of drug-likeness (QED) is 0.747. The number of Topliss-reactive ketones (excluding diaryl/α,β-unsaturated/α-hetero) is 2. The predicted molar refractivity (Wildman–Crippen MR) is 93.1 cm³/mol. The molecule has 1 aliphatic rings. The molecular weight excluding hydrogens is 328 g/mol. The Morgan fingerprint density at radius 2 is 1.92 bits per heavy atom. The van der Waals surface area contributed by atoms with Gasteiger partial charge in [-0.15, -0.1) is 0 Å². The van der Waals surface area contributed by atoms with Gasteiger partial charge in [-0.1, -0.05) is 31.5 Å². The van der Waals surface area contributed by atoms with Crippen LogP contribution in [0.3, 0.4) is 0 Å². The Morgan fingerprint density at radius 1 is 1.29 bits per heavy atom. The van der Waals surface area contributed by atoms with E-state index >= 15 is 0 Å². The first-order chi connectivity index (χ1) is 11.3. The van der Waals surface area contributed by atoms with Crippen molar-refractivity contribution in [3.05, 3.63) is 40.6 Å². The van der Waals surface area contributed by atoms with E-state index in [2.05, 4.69) is 0 Å². The third-order valence-corrected chi connectivity index (χ3v) is 4.80. The Balaban J connectivity index is 2.16. The average Bonchev–Trinajstić information content (AvgIpc) is 2.91. The van der Waals surface area contributed by atoms with Crippen molar-refractivity contribution in [2.75, 3.05) is 0 Å². The Bertz CT molecular complexity index is 664. The number of phenolic OH excluding ortho intramolecular Hbond substituents is 1. The fourth-order valence-corrected chi connectivity index (χ4v) is 3.36. The van der Waals surface area contributed by atoms with Crippen LogP contribution in [0.1, 0.15) is 45.6 Å². The van der Waals surface area contributed by atoms with E-state index in [-0.39, 0.29) is 17.3 Å². The number of phenols is 1. The molecule has 1 aromatic carbocycles. The van der Waals surface area contributed by atoms with E-state index in [1.165, 1.54) is 6.07 Å². The lowest BCUT2D eigenvalue weighted by molar-refractivity contribution is -0.143. The standard InChI is InChI=1S/C19H23ClO4/c1-4-16(22)18(17(23)5-2)19(3)9-8-14(24-19)10-12-6-7-13(21)11-15(12)20/h6-8,11,18,21H,4-5,9-10H2,1-3H3. The maximum Gasteiger partial charge on any atom is 0.147 e. The predicted octanol–water partition coefficient (Wildman–Crippen LogP) is 4.23. The van der Waals surface area contributed by atoms with Crippen molar-refractivity contribution < 1.29 is 19.4 Å².